The van der Waals surface area contributed by atoms with E-state index in [2.05, 4.69) is 27.5 Å². The molecule has 118 valence electrons. The molecule has 1 fully saturated rings. The van der Waals surface area contributed by atoms with Gasteiger partial charge in [-0.05, 0) is 19.3 Å². The smallest absolute Gasteiger partial charge is 0.204 e. The van der Waals surface area contributed by atoms with Crippen molar-refractivity contribution in [3.05, 3.63) is 6.33 Å². The van der Waals surface area contributed by atoms with Crippen LogP contribution in [0.25, 0.3) is 0 Å². The maximum atomic E-state index is 9.52. The minimum atomic E-state index is 0.214. The Morgan fingerprint density at radius 3 is 2.76 bits per heavy atom. The van der Waals surface area contributed by atoms with Crippen LogP contribution < -0.4 is 15.4 Å². The summed E-state index contributed by atoms with van der Waals surface area (Å²) in [5.74, 6) is 2.35. The highest BCUT2D eigenvalue weighted by molar-refractivity contribution is 5.63. The van der Waals surface area contributed by atoms with Gasteiger partial charge in [-0.3, -0.25) is 0 Å². The van der Waals surface area contributed by atoms with Crippen LogP contribution in [0.4, 0.5) is 11.6 Å². The van der Waals surface area contributed by atoms with Crippen molar-refractivity contribution in [2.45, 2.75) is 45.1 Å². The van der Waals surface area contributed by atoms with E-state index in [0.717, 1.165) is 25.8 Å². The summed E-state index contributed by atoms with van der Waals surface area (Å²) >= 11 is 0. The molecule has 1 heterocycles. The SMILES string of the molecule is CCCNc1ncnc(NC2CCCCC2CO)c1OC. The first-order valence-electron chi connectivity index (χ1n) is 7.80. The van der Waals surface area contributed by atoms with E-state index in [0.29, 0.717) is 17.4 Å². The third-order valence-electron chi connectivity index (χ3n) is 4.02. The zero-order valence-electron chi connectivity index (χ0n) is 12.9. The van der Waals surface area contributed by atoms with Crippen LogP contribution in [-0.4, -0.2) is 41.4 Å². The molecule has 1 aliphatic carbocycles. The first-order chi connectivity index (χ1) is 10.3. The number of aromatic nitrogens is 2. The lowest BCUT2D eigenvalue weighted by Crippen LogP contribution is -2.34. The van der Waals surface area contributed by atoms with Gasteiger partial charge in [-0.2, -0.15) is 0 Å². The number of anilines is 2. The fourth-order valence-corrected chi connectivity index (χ4v) is 2.83. The third kappa shape index (κ3) is 3.97. The molecular formula is C15H26N4O2. The normalized spacial score (nSPS) is 21.9. The predicted molar refractivity (Wildman–Crippen MR) is 83.8 cm³/mol. The molecule has 0 bridgehead atoms. The zero-order chi connectivity index (χ0) is 15.1. The topological polar surface area (TPSA) is 79.3 Å². The standard InChI is InChI=1S/C15H26N4O2/c1-3-8-16-14-13(21-2)15(18-10-17-14)19-12-7-5-4-6-11(12)9-20/h10-12,20H,3-9H2,1-2H3,(H2,16,17,18,19). The number of rotatable bonds is 7. The van der Waals surface area contributed by atoms with E-state index < -0.39 is 0 Å². The Hall–Kier alpha value is -1.56. The van der Waals surface area contributed by atoms with E-state index in [4.69, 9.17) is 4.74 Å². The van der Waals surface area contributed by atoms with Crippen LogP contribution in [0.3, 0.4) is 0 Å². The summed E-state index contributed by atoms with van der Waals surface area (Å²) in [6.45, 7) is 3.16. The highest BCUT2D eigenvalue weighted by atomic mass is 16.5. The van der Waals surface area contributed by atoms with Gasteiger partial charge in [-0.15, -0.1) is 0 Å². The maximum Gasteiger partial charge on any atom is 0.204 e. The number of hydrogen-bond acceptors (Lipinski definition) is 6. The fourth-order valence-electron chi connectivity index (χ4n) is 2.83. The lowest BCUT2D eigenvalue weighted by Gasteiger charge is -2.31. The molecule has 0 spiro atoms. The minimum absolute atomic E-state index is 0.214. The molecular weight excluding hydrogens is 268 g/mol. The first-order valence-corrected chi connectivity index (χ1v) is 7.80. The monoisotopic (exact) mass is 294 g/mol. The van der Waals surface area contributed by atoms with E-state index in [9.17, 15) is 5.11 Å². The van der Waals surface area contributed by atoms with Crippen LogP contribution in [0.15, 0.2) is 6.33 Å². The summed E-state index contributed by atoms with van der Waals surface area (Å²) in [7, 11) is 1.63. The minimum Gasteiger partial charge on any atom is -0.490 e. The highest BCUT2D eigenvalue weighted by Crippen LogP contribution is 2.33. The Kier molecular flexibility index (Phi) is 6.04. The Balaban J connectivity index is 2.14. The molecule has 1 aromatic heterocycles. The second-order valence-electron chi connectivity index (χ2n) is 5.51. The van der Waals surface area contributed by atoms with E-state index in [1.165, 1.54) is 12.8 Å². The lowest BCUT2D eigenvalue weighted by atomic mass is 9.85. The van der Waals surface area contributed by atoms with Gasteiger partial charge in [0.15, 0.2) is 11.6 Å². The van der Waals surface area contributed by atoms with E-state index in [-0.39, 0.29) is 18.6 Å². The highest BCUT2D eigenvalue weighted by Gasteiger charge is 2.26. The van der Waals surface area contributed by atoms with Crippen LogP contribution >= 0.6 is 0 Å². The summed E-state index contributed by atoms with van der Waals surface area (Å²) in [5, 5.41) is 16.2. The molecule has 0 radical (unpaired) electrons. The average Bonchev–Trinajstić information content (AvgIpc) is 2.53. The van der Waals surface area contributed by atoms with E-state index >= 15 is 0 Å². The van der Waals surface area contributed by atoms with Gasteiger partial charge in [0.25, 0.3) is 0 Å². The molecule has 0 aromatic carbocycles. The molecule has 2 unspecified atom stereocenters. The molecule has 0 saturated heterocycles. The molecule has 1 saturated carbocycles. The summed E-state index contributed by atoms with van der Waals surface area (Å²) in [5.41, 5.74) is 0. The van der Waals surface area contributed by atoms with Gasteiger partial charge >= 0.3 is 0 Å². The quantitative estimate of drug-likeness (QED) is 0.716. The van der Waals surface area contributed by atoms with Crippen molar-refractivity contribution in [3.8, 4) is 5.75 Å². The maximum absolute atomic E-state index is 9.52. The first kappa shape index (κ1) is 15.8. The number of aliphatic hydroxyl groups excluding tert-OH is 1. The second kappa shape index (κ2) is 8.02. The fraction of sp³-hybridized carbons (Fsp3) is 0.733. The van der Waals surface area contributed by atoms with Gasteiger partial charge in [0.05, 0.1) is 7.11 Å². The van der Waals surface area contributed by atoms with Crippen molar-refractivity contribution in [1.82, 2.24) is 9.97 Å². The molecule has 1 aromatic rings. The number of aliphatic hydroxyl groups is 1. The van der Waals surface area contributed by atoms with Crippen molar-refractivity contribution in [2.75, 3.05) is 30.9 Å². The van der Waals surface area contributed by atoms with Gasteiger partial charge < -0.3 is 20.5 Å². The molecule has 6 nitrogen and oxygen atoms in total. The Bertz CT molecular complexity index is 442. The molecule has 0 amide bonds. The third-order valence-corrected chi connectivity index (χ3v) is 4.02. The van der Waals surface area contributed by atoms with Crippen molar-refractivity contribution in [2.24, 2.45) is 5.92 Å². The molecule has 3 N–H and O–H groups in total. The Labute approximate surface area is 126 Å². The van der Waals surface area contributed by atoms with Crippen molar-refractivity contribution in [3.63, 3.8) is 0 Å². The van der Waals surface area contributed by atoms with E-state index in [1.54, 1.807) is 13.4 Å². The van der Waals surface area contributed by atoms with Crippen molar-refractivity contribution < 1.29 is 9.84 Å². The molecule has 0 aliphatic heterocycles. The van der Waals surface area contributed by atoms with Crippen LogP contribution in [0, 0.1) is 5.92 Å². The molecule has 21 heavy (non-hydrogen) atoms. The van der Waals surface area contributed by atoms with Crippen LogP contribution in [0.5, 0.6) is 5.75 Å². The van der Waals surface area contributed by atoms with Gasteiger partial charge in [-0.1, -0.05) is 19.8 Å². The van der Waals surface area contributed by atoms with Gasteiger partial charge in [0.1, 0.15) is 6.33 Å². The van der Waals surface area contributed by atoms with Crippen LogP contribution in [0.1, 0.15) is 39.0 Å². The number of nitrogens with one attached hydrogen (secondary N) is 2. The predicted octanol–water partition coefficient (Wildman–Crippen LogP) is 2.27. The molecule has 1 aliphatic rings. The summed E-state index contributed by atoms with van der Waals surface area (Å²) in [4.78, 5) is 8.56. The van der Waals surface area contributed by atoms with Crippen LogP contribution in [0.2, 0.25) is 0 Å². The van der Waals surface area contributed by atoms with Gasteiger partial charge in [-0.25, -0.2) is 9.97 Å². The zero-order valence-corrected chi connectivity index (χ0v) is 12.9. The Morgan fingerprint density at radius 2 is 2.05 bits per heavy atom. The Morgan fingerprint density at radius 1 is 1.29 bits per heavy atom. The van der Waals surface area contributed by atoms with Gasteiger partial charge in [0.2, 0.25) is 5.75 Å². The van der Waals surface area contributed by atoms with Crippen molar-refractivity contribution in [1.29, 1.82) is 0 Å². The number of ether oxygens (including phenoxy) is 1. The van der Waals surface area contributed by atoms with Crippen LogP contribution in [-0.2, 0) is 0 Å². The number of hydrogen-bond donors (Lipinski definition) is 3. The summed E-state index contributed by atoms with van der Waals surface area (Å²) in [6.07, 6.45) is 7.04. The largest absolute Gasteiger partial charge is 0.490 e. The van der Waals surface area contributed by atoms with Gasteiger partial charge in [0, 0.05) is 25.1 Å². The number of nitrogens with zero attached hydrogens (tertiary/aromatic N) is 2. The van der Waals surface area contributed by atoms with E-state index in [1.807, 2.05) is 0 Å². The van der Waals surface area contributed by atoms with Crippen molar-refractivity contribution >= 4 is 11.6 Å². The molecule has 2 atom stereocenters. The molecule has 2 rings (SSSR count). The second-order valence-corrected chi connectivity index (χ2v) is 5.51. The summed E-state index contributed by atoms with van der Waals surface area (Å²) < 4.78 is 5.47. The molecule has 6 heteroatoms. The number of methoxy groups -OCH3 is 1. The summed E-state index contributed by atoms with van der Waals surface area (Å²) in [6, 6.07) is 0.242. The average molecular weight is 294 g/mol. The lowest BCUT2D eigenvalue weighted by molar-refractivity contribution is 0.178.